The SMILES string of the molecule is CCCN1C(=O)CC(c2ccc([N+](=O)[O-])cc2)c2c1ccc1ccccc21. The molecular formula is C22H20N2O3. The first-order chi connectivity index (χ1) is 13.1. The van der Waals surface area contributed by atoms with Gasteiger partial charge >= 0.3 is 0 Å². The molecule has 1 aliphatic heterocycles. The fraction of sp³-hybridized carbons (Fsp3) is 0.227. The van der Waals surface area contributed by atoms with E-state index in [1.54, 1.807) is 12.1 Å². The zero-order valence-electron chi connectivity index (χ0n) is 15.1. The molecule has 3 aromatic rings. The van der Waals surface area contributed by atoms with E-state index in [2.05, 4.69) is 25.1 Å². The Morgan fingerprint density at radius 3 is 2.52 bits per heavy atom. The predicted octanol–water partition coefficient (Wildman–Crippen LogP) is 5.03. The van der Waals surface area contributed by atoms with E-state index in [1.807, 2.05) is 23.1 Å². The number of hydrogen-bond acceptors (Lipinski definition) is 3. The molecule has 0 saturated heterocycles. The van der Waals surface area contributed by atoms with Gasteiger partial charge in [-0.05, 0) is 34.4 Å². The molecular weight excluding hydrogens is 340 g/mol. The highest BCUT2D eigenvalue weighted by atomic mass is 16.6. The molecule has 136 valence electrons. The van der Waals surface area contributed by atoms with Gasteiger partial charge in [0.05, 0.1) is 4.92 Å². The van der Waals surface area contributed by atoms with Crippen molar-refractivity contribution in [2.24, 2.45) is 0 Å². The van der Waals surface area contributed by atoms with E-state index in [9.17, 15) is 14.9 Å². The summed E-state index contributed by atoms with van der Waals surface area (Å²) in [7, 11) is 0. The van der Waals surface area contributed by atoms with Gasteiger partial charge in [0.15, 0.2) is 0 Å². The lowest BCUT2D eigenvalue weighted by Crippen LogP contribution is -2.37. The molecule has 5 nitrogen and oxygen atoms in total. The lowest BCUT2D eigenvalue weighted by molar-refractivity contribution is -0.384. The fourth-order valence-corrected chi connectivity index (χ4v) is 3.99. The average molecular weight is 360 g/mol. The highest BCUT2D eigenvalue weighted by molar-refractivity contribution is 6.03. The van der Waals surface area contributed by atoms with Crippen LogP contribution in [-0.4, -0.2) is 17.4 Å². The van der Waals surface area contributed by atoms with E-state index in [4.69, 9.17) is 0 Å². The van der Waals surface area contributed by atoms with E-state index in [1.165, 1.54) is 12.1 Å². The Morgan fingerprint density at radius 1 is 1.07 bits per heavy atom. The maximum atomic E-state index is 12.9. The molecule has 0 saturated carbocycles. The van der Waals surface area contributed by atoms with Crippen LogP contribution in [0.2, 0.25) is 0 Å². The molecule has 0 fully saturated rings. The largest absolute Gasteiger partial charge is 0.312 e. The van der Waals surface area contributed by atoms with Crippen molar-refractivity contribution in [3.63, 3.8) is 0 Å². The Hall–Kier alpha value is -3.21. The van der Waals surface area contributed by atoms with Crippen molar-refractivity contribution in [3.8, 4) is 0 Å². The summed E-state index contributed by atoms with van der Waals surface area (Å²) in [5.74, 6) is -0.00417. The Kier molecular flexibility index (Phi) is 4.36. The lowest BCUT2D eigenvalue weighted by atomic mass is 9.81. The molecule has 1 amide bonds. The van der Waals surface area contributed by atoms with Crippen molar-refractivity contribution >= 4 is 28.1 Å². The first-order valence-corrected chi connectivity index (χ1v) is 9.16. The maximum absolute atomic E-state index is 12.9. The van der Waals surface area contributed by atoms with Gasteiger partial charge in [-0.1, -0.05) is 49.4 Å². The van der Waals surface area contributed by atoms with Gasteiger partial charge in [0.25, 0.3) is 5.69 Å². The van der Waals surface area contributed by atoms with Gasteiger partial charge in [0, 0.05) is 36.7 Å². The van der Waals surface area contributed by atoms with Crippen molar-refractivity contribution < 1.29 is 9.72 Å². The quantitative estimate of drug-likeness (QED) is 0.484. The number of carbonyl (C=O) groups is 1. The number of fused-ring (bicyclic) bond motifs is 3. The van der Waals surface area contributed by atoms with Crippen LogP contribution in [0.3, 0.4) is 0 Å². The molecule has 3 aromatic carbocycles. The molecule has 27 heavy (non-hydrogen) atoms. The zero-order valence-corrected chi connectivity index (χ0v) is 15.1. The normalized spacial score (nSPS) is 16.4. The standard InChI is InChI=1S/C22H20N2O3/c1-2-13-23-20-12-9-15-5-3-4-6-18(15)22(20)19(14-21(23)25)16-7-10-17(11-8-16)24(26)27/h3-12,19H,2,13-14H2,1H3. The summed E-state index contributed by atoms with van der Waals surface area (Å²) in [4.78, 5) is 25.3. The number of nitrogens with zero attached hydrogens (tertiary/aromatic N) is 2. The average Bonchev–Trinajstić information content (AvgIpc) is 2.69. The number of non-ortho nitro benzene ring substituents is 1. The first kappa shape index (κ1) is 17.2. The molecule has 5 heteroatoms. The van der Waals surface area contributed by atoms with E-state index >= 15 is 0 Å². The number of rotatable bonds is 4. The smallest absolute Gasteiger partial charge is 0.269 e. The third kappa shape index (κ3) is 2.95. The Bertz CT molecular complexity index is 1030. The summed E-state index contributed by atoms with van der Waals surface area (Å²) in [6, 6.07) is 18.9. The molecule has 1 heterocycles. The molecule has 1 unspecified atom stereocenters. The second-order valence-electron chi connectivity index (χ2n) is 6.87. The summed E-state index contributed by atoms with van der Waals surface area (Å²) in [5.41, 5.74) is 3.08. The van der Waals surface area contributed by atoms with E-state index < -0.39 is 4.92 Å². The summed E-state index contributed by atoms with van der Waals surface area (Å²) in [6.07, 6.45) is 1.26. The molecule has 4 rings (SSSR count). The van der Waals surface area contributed by atoms with E-state index in [-0.39, 0.29) is 17.5 Å². The van der Waals surface area contributed by atoms with Crippen LogP contribution in [0, 0.1) is 10.1 Å². The molecule has 0 aromatic heterocycles. The number of nitro groups is 1. The number of carbonyl (C=O) groups excluding carboxylic acids is 1. The Morgan fingerprint density at radius 2 is 1.81 bits per heavy atom. The molecule has 1 atom stereocenters. The minimum absolute atomic E-state index is 0.0617. The summed E-state index contributed by atoms with van der Waals surface area (Å²) in [5, 5.41) is 13.2. The summed E-state index contributed by atoms with van der Waals surface area (Å²) >= 11 is 0. The van der Waals surface area contributed by atoms with Gasteiger partial charge in [-0.2, -0.15) is 0 Å². The van der Waals surface area contributed by atoms with Crippen LogP contribution >= 0.6 is 0 Å². The fourth-order valence-electron chi connectivity index (χ4n) is 3.99. The molecule has 1 aliphatic rings. The maximum Gasteiger partial charge on any atom is 0.269 e. The highest BCUT2D eigenvalue weighted by Gasteiger charge is 2.33. The van der Waals surface area contributed by atoms with Gasteiger partial charge < -0.3 is 4.90 Å². The van der Waals surface area contributed by atoms with Crippen LogP contribution in [0.25, 0.3) is 10.8 Å². The van der Waals surface area contributed by atoms with E-state index in [0.717, 1.165) is 34.0 Å². The van der Waals surface area contributed by atoms with Crippen LogP contribution in [0.1, 0.15) is 36.8 Å². The monoisotopic (exact) mass is 360 g/mol. The minimum atomic E-state index is -0.401. The van der Waals surface area contributed by atoms with Crippen LogP contribution < -0.4 is 4.90 Å². The molecule has 0 radical (unpaired) electrons. The Balaban J connectivity index is 1.91. The van der Waals surface area contributed by atoms with Gasteiger partial charge in [0.2, 0.25) is 5.91 Å². The second kappa shape index (κ2) is 6.83. The minimum Gasteiger partial charge on any atom is -0.312 e. The lowest BCUT2D eigenvalue weighted by Gasteiger charge is -2.35. The van der Waals surface area contributed by atoms with Crippen LogP contribution in [-0.2, 0) is 4.79 Å². The van der Waals surface area contributed by atoms with E-state index in [0.29, 0.717) is 13.0 Å². The van der Waals surface area contributed by atoms with Crippen molar-refractivity contribution in [2.45, 2.75) is 25.7 Å². The highest BCUT2D eigenvalue weighted by Crippen LogP contribution is 2.44. The molecule has 0 N–H and O–H groups in total. The number of anilines is 1. The van der Waals surface area contributed by atoms with Gasteiger partial charge in [-0.3, -0.25) is 14.9 Å². The van der Waals surface area contributed by atoms with Crippen molar-refractivity contribution in [1.29, 1.82) is 0 Å². The van der Waals surface area contributed by atoms with Crippen LogP contribution in [0.4, 0.5) is 11.4 Å². The predicted molar refractivity (Wildman–Crippen MR) is 106 cm³/mol. The third-order valence-corrected chi connectivity index (χ3v) is 5.22. The van der Waals surface area contributed by atoms with Crippen molar-refractivity contribution in [2.75, 3.05) is 11.4 Å². The van der Waals surface area contributed by atoms with Gasteiger partial charge in [-0.25, -0.2) is 0 Å². The molecule has 0 bridgehead atoms. The number of hydrogen-bond donors (Lipinski definition) is 0. The number of amides is 1. The summed E-state index contributed by atoms with van der Waals surface area (Å²) in [6.45, 7) is 2.76. The Labute approximate surface area is 157 Å². The van der Waals surface area contributed by atoms with Gasteiger partial charge in [0.1, 0.15) is 0 Å². The zero-order chi connectivity index (χ0) is 19.0. The summed E-state index contributed by atoms with van der Waals surface area (Å²) < 4.78 is 0. The van der Waals surface area contributed by atoms with Crippen LogP contribution in [0.15, 0.2) is 60.7 Å². The molecule has 0 spiro atoms. The number of nitro benzene ring substituents is 1. The van der Waals surface area contributed by atoms with Crippen molar-refractivity contribution in [3.05, 3.63) is 81.9 Å². The first-order valence-electron chi connectivity index (χ1n) is 9.16. The van der Waals surface area contributed by atoms with Gasteiger partial charge in [-0.15, -0.1) is 0 Å². The van der Waals surface area contributed by atoms with Crippen molar-refractivity contribution in [1.82, 2.24) is 0 Å². The third-order valence-electron chi connectivity index (χ3n) is 5.22. The topological polar surface area (TPSA) is 63.5 Å². The molecule has 0 aliphatic carbocycles. The number of benzene rings is 3. The second-order valence-corrected chi connectivity index (χ2v) is 6.87. The van der Waals surface area contributed by atoms with Crippen LogP contribution in [0.5, 0.6) is 0 Å².